The molecular formula is C13H30OSi2. The van der Waals surface area contributed by atoms with Gasteiger partial charge in [0.2, 0.25) is 0 Å². The first kappa shape index (κ1) is 14.5. The molecule has 96 valence electrons. The molecule has 0 spiro atoms. The molecule has 16 heavy (non-hydrogen) atoms. The van der Waals surface area contributed by atoms with Gasteiger partial charge in [0.15, 0.2) is 0 Å². The topological polar surface area (TPSA) is 9.23 Å². The Bertz CT molecular complexity index is 167. The molecule has 1 aliphatic heterocycles. The molecule has 1 heterocycles. The monoisotopic (exact) mass is 258 g/mol. The number of ether oxygens (including phenoxy) is 1. The molecule has 1 nitrogen and oxygen atoms in total. The summed E-state index contributed by atoms with van der Waals surface area (Å²) in [6.07, 6.45) is 4.11. The van der Waals surface area contributed by atoms with Gasteiger partial charge in [-0.15, -0.1) is 0 Å². The van der Waals surface area contributed by atoms with Crippen LogP contribution in [0.25, 0.3) is 0 Å². The molecule has 0 aromatic carbocycles. The second-order valence-corrected chi connectivity index (χ2v) is 13.3. The van der Waals surface area contributed by atoms with Gasteiger partial charge in [-0.3, -0.25) is 0 Å². The van der Waals surface area contributed by atoms with Crippen LogP contribution in [0.15, 0.2) is 0 Å². The predicted molar refractivity (Wildman–Crippen MR) is 78.9 cm³/mol. The van der Waals surface area contributed by atoms with Crippen LogP contribution in [-0.4, -0.2) is 29.9 Å². The third kappa shape index (κ3) is 4.34. The van der Waals surface area contributed by atoms with Crippen molar-refractivity contribution in [1.29, 1.82) is 0 Å². The molecule has 1 fully saturated rings. The van der Waals surface area contributed by atoms with Gasteiger partial charge in [-0.2, -0.15) is 0 Å². The molecule has 0 N–H and O–H groups in total. The number of hydrogen-bond acceptors (Lipinski definition) is 1. The average Bonchev–Trinajstić information content (AvgIpc) is 2.37. The Morgan fingerprint density at radius 3 is 2.31 bits per heavy atom. The van der Waals surface area contributed by atoms with Gasteiger partial charge in [-0.25, -0.2) is 0 Å². The molecule has 0 aromatic rings. The van der Waals surface area contributed by atoms with E-state index in [-0.39, 0.29) is 9.52 Å². The summed E-state index contributed by atoms with van der Waals surface area (Å²) < 4.78 is 5.87. The fraction of sp³-hybridized carbons (Fsp3) is 1.00. The molecule has 1 rings (SSSR count). The summed E-state index contributed by atoms with van der Waals surface area (Å²) in [5, 5.41) is 0. The van der Waals surface area contributed by atoms with E-state index < -0.39 is 8.07 Å². The summed E-state index contributed by atoms with van der Waals surface area (Å²) in [5.74, 6) is 0. The normalized spacial score (nSPS) is 23.1. The van der Waals surface area contributed by atoms with Crippen LogP contribution in [-0.2, 0) is 4.74 Å². The standard InChI is InChI=1S/C13H30OSi2/c1-4-16(5-2,6-3)12-11-15-13-9-7-8-10-14-13/h13H,4-12,15H2,1-3H3. The average molecular weight is 259 g/mol. The van der Waals surface area contributed by atoms with Gasteiger partial charge < -0.3 is 4.74 Å². The molecular weight excluding hydrogens is 228 g/mol. The molecule has 3 heteroatoms. The Morgan fingerprint density at radius 2 is 1.81 bits per heavy atom. The summed E-state index contributed by atoms with van der Waals surface area (Å²) in [4.78, 5) is 0. The van der Waals surface area contributed by atoms with Gasteiger partial charge in [-0.05, 0) is 19.3 Å². The van der Waals surface area contributed by atoms with E-state index in [9.17, 15) is 0 Å². The van der Waals surface area contributed by atoms with Crippen LogP contribution in [0.5, 0.6) is 0 Å². The van der Waals surface area contributed by atoms with Crippen LogP contribution >= 0.6 is 0 Å². The van der Waals surface area contributed by atoms with E-state index in [1.807, 2.05) is 0 Å². The minimum absolute atomic E-state index is 0.0703. The van der Waals surface area contributed by atoms with E-state index >= 15 is 0 Å². The maximum Gasteiger partial charge on any atom is 0.0553 e. The third-order valence-corrected chi connectivity index (χ3v) is 13.4. The molecule has 1 saturated heterocycles. The first-order chi connectivity index (χ1) is 7.76. The Labute approximate surface area is 105 Å². The molecule has 0 radical (unpaired) electrons. The van der Waals surface area contributed by atoms with Crippen molar-refractivity contribution in [3.8, 4) is 0 Å². The maximum absolute atomic E-state index is 5.87. The molecule has 1 aliphatic rings. The lowest BCUT2D eigenvalue weighted by Crippen LogP contribution is -2.33. The van der Waals surface area contributed by atoms with Gasteiger partial charge in [0.25, 0.3) is 0 Å². The lowest BCUT2D eigenvalue weighted by atomic mass is 10.2. The zero-order chi connectivity index (χ0) is 11.9. The lowest BCUT2D eigenvalue weighted by Gasteiger charge is -2.29. The van der Waals surface area contributed by atoms with Crippen molar-refractivity contribution in [1.82, 2.24) is 0 Å². The SMILES string of the molecule is CC[Si](CC)(CC)CC[SiH2]C1CCCCO1. The van der Waals surface area contributed by atoms with Crippen molar-refractivity contribution < 1.29 is 4.74 Å². The van der Waals surface area contributed by atoms with Crippen molar-refractivity contribution in [3.05, 3.63) is 0 Å². The van der Waals surface area contributed by atoms with E-state index in [0.29, 0.717) is 0 Å². The maximum atomic E-state index is 5.87. The van der Waals surface area contributed by atoms with E-state index in [0.717, 1.165) is 12.3 Å². The highest BCUT2D eigenvalue weighted by molar-refractivity contribution is 6.80. The minimum Gasteiger partial charge on any atom is -0.382 e. The Balaban J connectivity index is 2.21. The minimum atomic E-state index is -0.823. The first-order valence-corrected chi connectivity index (χ1v) is 12.0. The van der Waals surface area contributed by atoms with Crippen LogP contribution in [0.4, 0.5) is 0 Å². The van der Waals surface area contributed by atoms with Crippen LogP contribution in [0.2, 0.25) is 30.2 Å². The van der Waals surface area contributed by atoms with Gasteiger partial charge in [0.1, 0.15) is 0 Å². The number of hydrogen-bond donors (Lipinski definition) is 0. The van der Waals surface area contributed by atoms with E-state index in [1.54, 1.807) is 12.1 Å². The molecule has 0 amide bonds. The lowest BCUT2D eigenvalue weighted by molar-refractivity contribution is 0.0651. The van der Waals surface area contributed by atoms with Crippen LogP contribution in [0.3, 0.4) is 0 Å². The summed E-state index contributed by atoms with van der Waals surface area (Å²) in [6, 6.07) is 7.66. The van der Waals surface area contributed by atoms with Crippen molar-refractivity contribution in [2.24, 2.45) is 0 Å². The van der Waals surface area contributed by atoms with Crippen LogP contribution in [0, 0.1) is 0 Å². The Morgan fingerprint density at radius 1 is 1.12 bits per heavy atom. The van der Waals surface area contributed by atoms with Gasteiger partial charge in [0.05, 0.1) is 17.6 Å². The molecule has 1 atom stereocenters. The van der Waals surface area contributed by atoms with Crippen molar-refractivity contribution in [2.75, 3.05) is 6.61 Å². The van der Waals surface area contributed by atoms with Gasteiger partial charge >= 0.3 is 0 Å². The van der Waals surface area contributed by atoms with Crippen molar-refractivity contribution in [2.45, 2.75) is 76.0 Å². The largest absolute Gasteiger partial charge is 0.382 e. The van der Waals surface area contributed by atoms with Crippen LogP contribution < -0.4 is 0 Å². The molecule has 0 bridgehead atoms. The second-order valence-electron chi connectivity index (χ2n) is 5.44. The van der Waals surface area contributed by atoms with Crippen molar-refractivity contribution >= 4 is 17.6 Å². The highest BCUT2D eigenvalue weighted by Crippen LogP contribution is 2.27. The summed E-state index contributed by atoms with van der Waals surface area (Å²) >= 11 is 0. The van der Waals surface area contributed by atoms with Gasteiger partial charge in [0, 0.05) is 12.3 Å². The Hall–Kier alpha value is 0.394. The van der Waals surface area contributed by atoms with E-state index in [2.05, 4.69) is 20.8 Å². The molecule has 0 aliphatic carbocycles. The van der Waals surface area contributed by atoms with E-state index in [4.69, 9.17) is 4.74 Å². The second kappa shape index (κ2) is 7.67. The molecule has 0 saturated carbocycles. The summed E-state index contributed by atoms with van der Waals surface area (Å²) in [6.45, 7) is 8.34. The number of rotatable bonds is 7. The fourth-order valence-electron chi connectivity index (χ4n) is 3.02. The third-order valence-electron chi connectivity index (χ3n) is 4.76. The first-order valence-electron chi connectivity index (χ1n) is 7.38. The molecule has 1 unspecified atom stereocenters. The van der Waals surface area contributed by atoms with Crippen molar-refractivity contribution in [3.63, 3.8) is 0 Å². The predicted octanol–water partition coefficient (Wildman–Crippen LogP) is 3.61. The summed E-state index contributed by atoms with van der Waals surface area (Å²) in [7, 11) is -0.753. The van der Waals surface area contributed by atoms with Crippen LogP contribution in [0.1, 0.15) is 40.0 Å². The molecule has 0 aromatic heterocycles. The quantitative estimate of drug-likeness (QED) is 0.634. The van der Waals surface area contributed by atoms with Gasteiger partial charge in [-0.1, -0.05) is 51.0 Å². The van der Waals surface area contributed by atoms with E-state index in [1.165, 1.54) is 37.4 Å². The zero-order valence-corrected chi connectivity index (χ0v) is 14.0. The highest BCUT2D eigenvalue weighted by atomic mass is 28.3. The summed E-state index contributed by atoms with van der Waals surface area (Å²) in [5.41, 5.74) is 0.742. The zero-order valence-electron chi connectivity index (χ0n) is 11.6. The highest BCUT2D eigenvalue weighted by Gasteiger charge is 2.26. The smallest absolute Gasteiger partial charge is 0.0553 e. The Kier molecular flexibility index (Phi) is 6.93. The fourth-order valence-corrected chi connectivity index (χ4v) is 10.8.